The Bertz CT molecular complexity index is 339. The molecule has 0 heterocycles. The molecule has 2 nitrogen and oxygen atoms in total. The molecule has 2 heteroatoms. The molecule has 1 saturated carbocycles. The molecule has 1 fully saturated rings. The Morgan fingerprint density at radius 3 is 2.56 bits per heavy atom. The van der Waals surface area contributed by atoms with Gasteiger partial charge in [0.15, 0.2) is 0 Å². The summed E-state index contributed by atoms with van der Waals surface area (Å²) in [5.41, 5.74) is 1.70. The number of hydrogen-bond donors (Lipinski definition) is 0. The molecule has 3 aliphatic carbocycles. The Balaban J connectivity index is 2.11. The zero-order valence-corrected chi connectivity index (χ0v) is 10.9. The minimum absolute atomic E-state index is 0.0197. The Morgan fingerprint density at radius 1 is 1.50 bits per heavy atom. The molecule has 0 saturated heterocycles. The molecule has 0 aromatic rings. The van der Waals surface area contributed by atoms with Gasteiger partial charge in [0, 0.05) is 11.8 Å². The molecule has 0 N–H and O–H groups in total. The molecule has 2 bridgehead atoms. The maximum Gasteiger partial charge on any atom is 0.308 e. The third-order valence-corrected chi connectivity index (χ3v) is 4.39. The highest BCUT2D eigenvalue weighted by Crippen LogP contribution is 2.60. The highest BCUT2D eigenvalue weighted by molar-refractivity contribution is 5.72. The van der Waals surface area contributed by atoms with Gasteiger partial charge < -0.3 is 4.74 Å². The van der Waals surface area contributed by atoms with Crippen molar-refractivity contribution in [1.82, 2.24) is 0 Å². The molecular formula is C14H22O2. The van der Waals surface area contributed by atoms with Gasteiger partial charge in [-0.15, -0.1) is 0 Å². The van der Waals surface area contributed by atoms with Gasteiger partial charge in [-0.1, -0.05) is 39.3 Å². The van der Waals surface area contributed by atoms with Crippen LogP contribution in [0.15, 0.2) is 11.6 Å². The average Bonchev–Trinajstić information content (AvgIpc) is 2.16. The number of fused-ring (bicyclic) bond motifs is 1. The molecule has 0 aromatic heterocycles. The lowest BCUT2D eigenvalue weighted by Crippen LogP contribution is -2.61. The van der Waals surface area contributed by atoms with Crippen molar-refractivity contribution >= 4 is 5.97 Å². The number of carbonyl (C=O) groups excluding carboxylic acids is 1. The maximum atomic E-state index is 11.7. The van der Waals surface area contributed by atoms with E-state index in [4.69, 9.17) is 4.74 Å². The van der Waals surface area contributed by atoms with E-state index < -0.39 is 0 Å². The van der Waals surface area contributed by atoms with Gasteiger partial charge in [0.2, 0.25) is 0 Å². The molecule has 0 aromatic carbocycles. The molecule has 0 spiro atoms. The summed E-state index contributed by atoms with van der Waals surface area (Å²) in [6.45, 7) is 10.5. The molecule has 1 unspecified atom stereocenters. The monoisotopic (exact) mass is 222 g/mol. The van der Waals surface area contributed by atoms with E-state index in [1.165, 1.54) is 5.57 Å². The fraction of sp³-hybridized carbons (Fsp3) is 0.786. The van der Waals surface area contributed by atoms with Gasteiger partial charge in [-0.25, -0.2) is 0 Å². The summed E-state index contributed by atoms with van der Waals surface area (Å²) in [5, 5.41) is 0. The maximum absolute atomic E-state index is 11.7. The summed E-state index contributed by atoms with van der Waals surface area (Å²) in [6.07, 6.45) is 3.50. The summed E-state index contributed by atoms with van der Waals surface area (Å²) >= 11 is 0. The lowest BCUT2D eigenvalue weighted by Gasteiger charge is -2.60. The van der Waals surface area contributed by atoms with Crippen LogP contribution in [0, 0.1) is 23.2 Å². The normalized spacial score (nSPS) is 35.4. The summed E-state index contributed by atoms with van der Waals surface area (Å²) in [7, 11) is 0. The Kier molecular flexibility index (Phi) is 2.64. The Labute approximate surface area is 98.1 Å². The predicted molar refractivity (Wildman–Crippen MR) is 63.9 cm³/mol. The van der Waals surface area contributed by atoms with Crippen molar-refractivity contribution in [2.75, 3.05) is 0 Å². The van der Waals surface area contributed by atoms with Crippen LogP contribution in [0.25, 0.3) is 0 Å². The number of allylic oxidation sites excluding steroid dienone is 1. The van der Waals surface area contributed by atoms with Crippen LogP contribution in [-0.4, -0.2) is 12.1 Å². The Morgan fingerprint density at radius 2 is 2.12 bits per heavy atom. The van der Waals surface area contributed by atoms with Gasteiger partial charge in [0.25, 0.3) is 0 Å². The molecule has 3 atom stereocenters. The van der Waals surface area contributed by atoms with Crippen LogP contribution in [0.5, 0.6) is 0 Å². The van der Waals surface area contributed by atoms with Gasteiger partial charge in [-0.3, -0.25) is 4.79 Å². The van der Waals surface area contributed by atoms with Crippen LogP contribution < -0.4 is 0 Å². The van der Waals surface area contributed by atoms with E-state index in [0.717, 1.165) is 6.42 Å². The summed E-state index contributed by atoms with van der Waals surface area (Å²) in [6, 6.07) is 0. The summed E-state index contributed by atoms with van der Waals surface area (Å²) in [4.78, 5) is 11.7. The number of esters is 1. The number of rotatable bonds is 2. The number of carbonyl (C=O) groups is 1. The van der Waals surface area contributed by atoms with Crippen molar-refractivity contribution in [2.45, 2.75) is 47.1 Å². The third kappa shape index (κ3) is 1.50. The van der Waals surface area contributed by atoms with Crippen molar-refractivity contribution in [3.05, 3.63) is 11.6 Å². The molecule has 0 aliphatic heterocycles. The lowest BCUT2D eigenvalue weighted by molar-refractivity contribution is -0.195. The first kappa shape index (κ1) is 11.7. The third-order valence-electron chi connectivity index (χ3n) is 4.39. The van der Waals surface area contributed by atoms with E-state index in [9.17, 15) is 4.79 Å². The number of ether oxygens (including phenoxy) is 1. The fourth-order valence-electron chi connectivity index (χ4n) is 3.34. The van der Waals surface area contributed by atoms with Crippen LogP contribution >= 0.6 is 0 Å². The first-order valence-corrected chi connectivity index (χ1v) is 6.23. The van der Waals surface area contributed by atoms with Crippen LogP contribution in [0.2, 0.25) is 0 Å². The topological polar surface area (TPSA) is 26.3 Å². The second kappa shape index (κ2) is 3.61. The standard InChI is InChI=1S/C14H22O2/c1-8(2)13(15)16-12-10-7-6-9(3)11(12)14(10,4)5/h6,8,10-12H,7H2,1-5H3/t10-,11+,12?/m0/s1. The van der Waals surface area contributed by atoms with Gasteiger partial charge in [0.1, 0.15) is 6.10 Å². The summed E-state index contributed by atoms with van der Waals surface area (Å²) < 4.78 is 5.64. The summed E-state index contributed by atoms with van der Waals surface area (Å²) in [5.74, 6) is 0.886. The quantitative estimate of drug-likeness (QED) is 0.530. The highest BCUT2D eigenvalue weighted by atomic mass is 16.5. The van der Waals surface area contributed by atoms with Crippen molar-refractivity contribution in [3.8, 4) is 0 Å². The first-order chi connectivity index (χ1) is 7.35. The van der Waals surface area contributed by atoms with Crippen LogP contribution in [0.3, 0.4) is 0 Å². The van der Waals surface area contributed by atoms with E-state index in [-0.39, 0.29) is 18.0 Å². The van der Waals surface area contributed by atoms with Crippen molar-refractivity contribution in [2.24, 2.45) is 23.2 Å². The molecule has 3 rings (SSSR count). The molecule has 0 amide bonds. The van der Waals surface area contributed by atoms with Crippen molar-refractivity contribution in [3.63, 3.8) is 0 Å². The van der Waals surface area contributed by atoms with Crippen molar-refractivity contribution < 1.29 is 9.53 Å². The zero-order chi connectivity index (χ0) is 12.1. The predicted octanol–water partition coefficient (Wildman–Crippen LogP) is 3.18. The number of hydrogen-bond acceptors (Lipinski definition) is 2. The zero-order valence-electron chi connectivity index (χ0n) is 10.9. The minimum atomic E-state index is -0.0507. The first-order valence-electron chi connectivity index (χ1n) is 6.23. The molecule has 0 radical (unpaired) electrons. The average molecular weight is 222 g/mol. The minimum Gasteiger partial charge on any atom is -0.461 e. The fourth-order valence-corrected chi connectivity index (χ4v) is 3.34. The second-order valence-corrected chi connectivity index (χ2v) is 6.15. The van der Waals surface area contributed by atoms with Gasteiger partial charge in [-0.05, 0) is 18.8 Å². The smallest absolute Gasteiger partial charge is 0.308 e. The van der Waals surface area contributed by atoms with Crippen LogP contribution in [0.4, 0.5) is 0 Å². The van der Waals surface area contributed by atoms with E-state index in [1.54, 1.807) is 0 Å². The van der Waals surface area contributed by atoms with Crippen molar-refractivity contribution in [1.29, 1.82) is 0 Å². The molecule has 90 valence electrons. The molecular weight excluding hydrogens is 200 g/mol. The highest BCUT2D eigenvalue weighted by Gasteiger charge is 2.60. The van der Waals surface area contributed by atoms with E-state index in [1.807, 2.05) is 13.8 Å². The SMILES string of the molecule is CC1=CC[C@H]2C(OC(=O)C(C)C)[C@@H]1C2(C)C. The molecule has 3 aliphatic rings. The van der Waals surface area contributed by atoms with Crippen LogP contribution in [0.1, 0.15) is 41.0 Å². The second-order valence-electron chi connectivity index (χ2n) is 6.15. The van der Waals surface area contributed by atoms with E-state index in [0.29, 0.717) is 17.3 Å². The van der Waals surface area contributed by atoms with Gasteiger partial charge in [0.05, 0.1) is 5.92 Å². The van der Waals surface area contributed by atoms with Gasteiger partial charge in [-0.2, -0.15) is 0 Å². The molecule has 16 heavy (non-hydrogen) atoms. The largest absolute Gasteiger partial charge is 0.461 e. The lowest BCUT2D eigenvalue weighted by atomic mass is 9.47. The van der Waals surface area contributed by atoms with Gasteiger partial charge >= 0.3 is 5.97 Å². The Hall–Kier alpha value is -0.790. The van der Waals surface area contributed by atoms with E-state index in [2.05, 4.69) is 26.8 Å². The van der Waals surface area contributed by atoms with E-state index >= 15 is 0 Å². The van der Waals surface area contributed by atoms with Crippen LogP contribution in [-0.2, 0) is 9.53 Å².